The maximum absolute atomic E-state index is 5.42. The molecule has 0 N–H and O–H groups in total. The Hall–Kier alpha value is -0.0800. The molecule has 0 heterocycles. The smallest absolute Gasteiger partial charge is 0.146 e. The minimum absolute atomic E-state index is 0.488. The average Bonchev–Trinajstić information content (AvgIpc) is 2.35. The van der Waals surface area contributed by atoms with Crippen molar-refractivity contribution in [1.82, 2.24) is 0 Å². The first-order valence-corrected chi connectivity index (χ1v) is 7.57. The van der Waals surface area contributed by atoms with Crippen molar-refractivity contribution < 1.29 is 9.47 Å². The van der Waals surface area contributed by atoms with Crippen molar-refractivity contribution in [3.8, 4) is 0 Å². The van der Waals surface area contributed by atoms with E-state index < -0.39 is 0 Å². The van der Waals surface area contributed by atoms with Crippen molar-refractivity contribution in [3.05, 3.63) is 0 Å². The van der Waals surface area contributed by atoms with Gasteiger partial charge in [-0.1, -0.05) is 65.2 Å². The highest BCUT2D eigenvalue weighted by atomic mass is 16.7. The highest BCUT2D eigenvalue weighted by Gasteiger charge is 1.92. The monoisotopic (exact) mass is 244 g/mol. The third-order valence-corrected chi connectivity index (χ3v) is 2.95. The molecule has 0 aliphatic rings. The van der Waals surface area contributed by atoms with Crippen LogP contribution >= 0.6 is 0 Å². The lowest BCUT2D eigenvalue weighted by Gasteiger charge is -2.05. The molecule has 0 radical (unpaired) electrons. The van der Waals surface area contributed by atoms with E-state index in [4.69, 9.17) is 9.47 Å². The largest absolute Gasteiger partial charge is 0.355 e. The maximum Gasteiger partial charge on any atom is 0.146 e. The van der Waals surface area contributed by atoms with Crippen molar-refractivity contribution in [3.63, 3.8) is 0 Å². The van der Waals surface area contributed by atoms with Gasteiger partial charge in [-0.25, -0.2) is 0 Å². The topological polar surface area (TPSA) is 18.5 Å². The summed E-state index contributed by atoms with van der Waals surface area (Å²) in [5.41, 5.74) is 0. The van der Waals surface area contributed by atoms with Crippen LogP contribution in [0.1, 0.15) is 78.1 Å². The van der Waals surface area contributed by atoms with Crippen LogP contribution in [0, 0.1) is 0 Å². The Morgan fingerprint density at radius 3 is 1.35 bits per heavy atom. The summed E-state index contributed by atoms with van der Waals surface area (Å²) in [5.74, 6) is 0. The van der Waals surface area contributed by atoms with Crippen LogP contribution in [-0.4, -0.2) is 20.0 Å². The van der Waals surface area contributed by atoms with Crippen molar-refractivity contribution in [2.24, 2.45) is 0 Å². The van der Waals surface area contributed by atoms with Crippen molar-refractivity contribution in [2.75, 3.05) is 20.0 Å². The molecule has 0 bridgehead atoms. The number of ether oxygens (including phenoxy) is 2. The average molecular weight is 244 g/mol. The van der Waals surface area contributed by atoms with Gasteiger partial charge >= 0.3 is 0 Å². The van der Waals surface area contributed by atoms with Gasteiger partial charge in [0.2, 0.25) is 0 Å². The summed E-state index contributed by atoms with van der Waals surface area (Å²) in [4.78, 5) is 0. The molecule has 0 unspecified atom stereocenters. The molecule has 104 valence electrons. The quantitative estimate of drug-likeness (QED) is 0.319. The van der Waals surface area contributed by atoms with Gasteiger partial charge in [-0.2, -0.15) is 0 Å². The molecule has 0 aliphatic carbocycles. The molecule has 0 saturated carbocycles. The molecule has 2 heteroatoms. The Morgan fingerprint density at radius 1 is 0.529 bits per heavy atom. The van der Waals surface area contributed by atoms with E-state index in [1.165, 1.54) is 64.2 Å². The minimum atomic E-state index is 0.488. The predicted molar refractivity (Wildman–Crippen MR) is 74.3 cm³/mol. The van der Waals surface area contributed by atoms with Crippen LogP contribution in [0.15, 0.2) is 0 Å². The molecule has 0 aliphatic heterocycles. The highest BCUT2D eigenvalue weighted by Crippen LogP contribution is 2.03. The third kappa shape index (κ3) is 15.9. The minimum Gasteiger partial charge on any atom is -0.355 e. The number of unbranched alkanes of at least 4 members (excludes halogenated alkanes) is 8. The Labute approximate surface area is 108 Å². The lowest BCUT2D eigenvalue weighted by molar-refractivity contribution is -0.0555. The molecule has 0 spiro atoms. The summed E-state index contributed by atoms with van der Waals surface area (Å²) in [6, 6.07) is 0. The molecule has 0 rings (SSSR count). The summed E-state index contributed by atoms with van der Waals surface area (Å²) in [5, 5.41) is 0. The SMILES string of the molecule is CCCCCCCOCOCCCCCCC. The Balaban J connectivity index is 2.85. The van der Waals surface area contributed by atoms with Crippen LogP contribution in [0.4, 0.5) is 0 Å². The first-order chi connectivity index (χ1) is 8.41. The zero-order valence-corrected chi connectivity index (χ0v) is 12.0. The fourth-order valence-corrected chi connectivity index (χ4v) is 1.79. The first-order valence-electron chi connectivity index (χ1n) is 7.57. The second kappa shape index (κ2) is 15.9. The second-order valence-corrected chi connectivity index (χ2v) is 4.76. The molecule has 2 nitrogen and oxygen atoms in total. The molecule has 0 aromatic rings. The second-order valence-electron chi connectivity index (χ2n) is 4.76. The zero-order chi connectivity index (χ0) is 12.6. The van der Waals surface area contributed by atoms with Crippen LogP contribution in [0.5, 0.6) is 0 Å². The summed E-state index contributed by atoms with van der Waals surface area (Å²) in [7, 11) is 0. The number of hydrogen-bond donors (Lipinski definition) is 0. The molecule has 0 aromatic carbocycles. The van der Waals surface area contributed by atoms with Crippen LogP contribution in [-0.2, 0) is 9.47 Å². The van der Waals surface area contributed by atoms with Crippen molar-refractivity contribution in [1.29, 1.82) is 0 Å². The summed E-state index contributed by atoms with van der Waals surface area (Å²) < 4.78 is 10.8. The molecule has 0 amide bonds. The lowest BCUT2D eigenvalue weighted by Crippen LogP contribution is -2.03. The number of rotatable bonds is 14. The van der Waals surface area contributed by atoms with Gasteiger partial charge in [-0.15, -0.1) is 0 Å². The Morgan fingerprint density at radius 2 is 0.941 bits per heavy atom. The van der Waals surface area contributed by atoms with Crippen molar-refractivity contribution >= 4 is 0 Å². The third-order valence-electron chi connectivity index (χ3n) is 2.95. The standard InChI is InChI=1S/C15H32O2/c1-3-5-7-9-11-13-16-15-17-14-12-10-8-6-4-2/h3-15H2,1-2H3. The first kappa shape index (κ1) is 16.9. The molecule has 0 atom stereocenters. The van der Waals surface area contributed by atoms with Crippen molar-refractivity contribution in [2.45, 2.75) is 78.1 Å². The van der Waals surface area contributed by atoms with Gasteiger partial charge in [-0.05, 0) is 12.8 Å². The summed E-state index contributed by atoms with van der Waals surface area (Å²) >= 11 is 0. The fourth-order valence-electron chi connectivity index (χ4n) is 1.79. The number of hydrogen-bond acceptors (Lipinski definition) is 2. The van der Waals surface area contributed by atoms with E-state index in [1.54, 1.807) is 0 Å². The normalized spacial score (nSPS) is 10.9. The van der Waals surface area contributed by atoms with Gasteiger partial charge in [0, 0.05) is 13.2 Å². The molecule has 0 fully saturated rings. The van der Waals surface area contributed by atoms with Gasteiger partial charge in [0.15, 0.2) is 0 Å². The summed E-state index contributed by atoms with van der Waals surface area (Å²) in [6.45, 7) is 6.69. The lowest BCUT2D eigenvalue weighted by atomic mass is 10.2. The Bertz CT molecular complexity index is 112. The van der Waals surface area contributed by atoms with Crippen LogP contribution in [0.3, 0.4) is 0 Å². The van der Waals surface area contributed by atoms with Gasteiger partial charge in [0.05, 0.1) is 0 Å². The van der Waals surface area contributed by atoms with Crippen LogP contribution in [0.2, 0.25) is 0 Å². The maximum atomic E-state index is 5.42. The fraction of sp³-hybridized carbons (Fsp3) is 1.00. The molecule has 0 aromatic heterocycles. The molecule has 17 heavy (non-hydrogen) atoms. The van der Waals surface area contributed by atoms with E-state index in [-0.39, 0.29) is 0 Å². The van der Waals surface area contributed by atoms with E-state index in [0.717, 1.165) is 13.2 Å². The Kier molecular flexibility index (Phi) is 15.8. The van der Waals surface area contributed by atoms with E-state index in [0.29, 0.717) is 6.79 Å². The van der Waals surface area contributed by atoms with E-state index in [1.807, 2.05) is 0 Å². The molecular weight excluding hydrogens is 212 g/mol. The summed E-state index contributed by atoms with van der Waals surface area (Å²) in [6.07, 6.45) is 13.0. The van der Waals surface area contributed by atoms with E-state index in [9.17, 15) is 0 Å². The zero-order valence-electron chi connectivity index (χ0n) is 12.0. The van der Waals surface area contributed by atoms with E-state index in [2.05, 4.69) is 13.8 Å². The van der Waals surface area contributed by atoms with Gasteiger partial charge in [0.25, 0.3) is 0 Å². The highest BCUT2D eigenvalue weighted by molar-refractivity contribution is 4.42. The van der Waals surface area contributed by atoms with Gasteiger partial charge in [-0.3, -0.25) is 0 Å². The van der Waals surface area contributed by atoms with E-state index >= 15 is 0 Å². The van der Waals surface area contributed by atoms with Gasteiger partial charge < -0.3 is 9.47 Å². The van der Waals surface area contributed by atoms with Crippen LogP contribution in [0.25, 0.3) is 0 Å². The molecule has 0 saturated heterocycles. The predicted octanol–water partition coefficient (Wildman–Crippen LogP) is 4.92. The van der Waals surface area contributed by atoms with Crippen LogP contribution < -0.4 is 0 Å². The molecular formula is C15H32O2. The van der Waals surface area contributed by atoms with Gasteiger partial charge in [0.1, 0.15) is 6.79 Å².